The number of anilines is 1. The standard InChI is InChI=1S/C21H29N5O5/c1-24-21(28)26(15-5-6-15)19(23-24)13-7-9-25(10-8-13)20(27)22-14-11-16(29-2)18(31-4)17(12-14)30-3/h11-13,15H,5-10H2,1-4H3,(H,22,27). The first-order valence-corrected chi connectivity index (χ1v) is 10.5. The van der Waals surface area contributed by atoms with E-state index in [0.717, 1.165) is 31.5 Å². The molecule has 10 heteroatoms. The molecule has 2 aliphatic rings. The van der Waals surface area contributed by atoms with Crippen molar-refractivity contribution in [2.24, 2.45) is 7.05 Å². The minimum Gasteiger partial charge on any atom is -0.493 e. The van der Waals surface area contributed by atoms with Crippen molar-refractivity contribution >= 4 is 11.7 Å². The molecular formula is C21H29N5O5. The number of likely N-dealkylation sites (tertiary alicyclic amines) is 1. The van der Waals surface area contributed by atoms with Crippen LogP contribution in [0, 0.1) is 0 Å². The van der Waals surface area contributed by atoms with Crippen molar-refractivity contribution in [3.8, 4) is 17.2 Å². The molecule has 2 fully saturated rings. The molecule has 1 aliphatic carbocycles. The normalized spacial score (nSPS) is 16.8. The van der Waals surface area contributed by atoms with Gasteiger partial charge in [-0.1, -0.05) is 0 Å². The van der Waals surface area contributed by atoms with Gasteiger partial charge in [0.15, 0.2) is 11.5 Å². The molecule has 1 saturated carbocycles. The summed E-state index contributed by atoms with van der Waals surface area (Å²) in [5.74, 6) is 2.47. The average molecular weight is 431 g/mol. The van der Waals surface area contributed by atoms with Gasteiger partial charge in [0.1, 0.15) is 5.82 Å². The molecule has 0 spiro atoms. The number of methoxy groups -OCH3 is 3. The number of amides is 2. The van der Waals surface area contributed by atoms with Crippen molar-refractivity contribution in [1.82, 2.24) is 19.2 Å². The van der Waals surface area contributed by atoms with Crippen molar-refractivity contribution < 1.29 is 19.0 Å². The predicted octanol–water partition coefficient (Wildman–Crippen LogP) is 2.35. The topological polar surface area (TPSA) is 99.9 Å². The number of hydrogen-bond acceptors (Lipinski definition) is 6. The number of carbonyl (C=O) groups excluding carboxylic acids is 1. The fourth-order valence-corrected chi connectivity index (χ4v) is 4.15. The molecule has 2 aromatic rings. The van der Waals surface area contributed by atoms with Gasteiger partial charge in [-0.15, -0.1) is 0 Å². The number of rotatable bonds is 6. The zero-order chi connectivity index (χ0) is 22.1. The summed E-state index contributed by atoms with van der Waals surface area (Å²) >= 11 is 0. The maximum absolute atomic E-state index is 12.8. The largest absolute Gasteiger partial charge is 0.493 e. The Morgan fingerprint density at radius 2 is 1.65 bits per heavy atom. The van der Waals surface area contributed by atoms with Gasteiger partial charge in [-0.25, -0.2) is 14.3 Å². The third-order valence-electron chi connectivity index (χ3n) is 5.96. The molecule has 1 aromatic heterocycles. The smallest absolute Gasteiger partial charge is 0.345 e. The number of nitrogens with zero attached hydrogens (tertiary/aromatic N) is 4. The van der Waals surface area contributed by atoms with Crippen LogP contribution in [0.5, 0.6) is 17.2 Å². The molecule has 0 radical (unpaired) electrons. The molecule has 0 unspecified atom stereocenters. The van der Waals surface area contributed by atoms with Crippen LogP contribution in [0.15, 0.2) is 16.9 Å². The summed E-state index contributed by atoms with van der Waals surface area (Å²) in [4.78, 5) is 27.0. The number of aromatic nitrogens is 3. The maximum Gasteiger partial charge on any atom is 0.345 e. The zero-order valence-electron chi connectivity index (χ0n) is 18.4. The summed E-state index contributed by atoms with van der Waals surface area (Å²) in [5.41, 5.74) is 0.522. The number of ether oxygens (including phenoxy) is 3. The second kappa shape index (κ2) is 8.52. The van der Waals surface area contributed by atoms with E-state index in [4.69, 9.17) is 14.2 Å². The lowest BCUT2D eigenvalue weighted by atomic mass is 9.96. The molecule has 1 N–H and O–H groups in total. The van der Waals surface area contributed by atoms with Gasteiger partial charge >= 0.3 is 11.7 Å². The first-order valence-electron chi connectivity index (χ1n) is 10.5. The van der Waals surface area contributed by atoms with E-state index in [-0.39, 0.29) is 23.7 Å². The van der Waals surface area contributed by atoms with Crippen LogP contribution in [0.25, 0.3) is 0 Å². The number of carbonyl (C=O) groups is 1. The maximum atomic E-state index is 12.8. The Hall–Kier alpha value is -3.17. The lowest BCUT2D eigenvalue weighted by Crippen LogP contribution is -2.41. The Morgan fingerprint density at radius 3 is 2.16 bits per heavy atom. The van der Waals surface area contributed by atoms with Crippen molar-refractivity contribution in [1.29, 1.82) is 0 Å². The van der Waals surface area contributed by atoms with Crippen LogP contribution in [-0.4, -0.2) is 59.7 Å². The van der Waals surface area contributed by atoms with Gasteiger partial charge in [-0.05, 0) is 25.7 Å². The van der Waals surface area contributed by atoms with Crippen molar-refractivity contribution in [2.45, 2.75) is 37.6 Å². The quantitative estimate of drug-likeness (QED) is 0.754. The van der Waals surface area contributed by atoms with Crippen LogP contribution in [0.2, 0.25) is 0 Å². The van der Waals surface area contributed by atoms with Gasteiger partial charge in [-0.2, -0.15) is 5.10 Å². The highest BCUT2D eigenvalue weighted by Crippen LogP contribution is 2.40. The Balaban J connectivity index is 1.43. The van der Waals surface area contributed by atoms with Crippen molar-refractivity contribution in [3.63, 3.8) is 0 Å². The first kappa shape index (κ1) is 21.1. The number of urea groups is 1. The van der Waals surface area contributed by atoms with Crippen LogP contribution in [-0.2, 0) is 7.05 Å². The van der Waals surface area contributed by atoms with Crippen LogP contribution in [0.4, 0.5) is 10.5 Å². The Kier molecular flexibility index (Phi) is 5.79. The molecule has 4 rings (SSSR count). The van der Waals surface area contributed by atoms with Crippen LogP contribution < -0.4 is 25.2 Å². The molecule has 168 valence electrons. The average Bonchev–Trinajstić information content (AvgIpc) is 3.58. The summed E-state index contributed by atoms with van der Waals surface area (Å²) < 4.78 is 19.3. The number of aryl methyl sites for hydroxylation is 1. The van der Waals surface area contributed by atoms with Gasteiger partial charge in [-0.3, -0.25) is 4.57 Å². The Bertz CT molecular complexity index is 993. The molecule has 0 bridgehead atoms. The molecular weight excluding hydrogens is 402 g/mol. The molecule has 1 saturated heterocycles. The monoisotopic (exact) mass is 431 g/mol. The SMILES string of the molecule is COc1cc(NC(=O)N2CCC(c3nn(C)c(=O)n3C3CC3)CC2)cc(OC)c1OC. The van der Waals surface area contributed by atoms with Crippen molar-refractivity contribution in [3.05, 3.63) is 28.4 Å². The summed E-state index contributed by atoms with van der Waals surface area (Å²) in [6.45, 7) is 1.19. The van der Waals surface area contributed by atoms with Gasteiger partial charge in [0, 0.05) is 44.2 Å². The highest BCUT2D eigenvalue weighted by Gasteiger charge is 2.34. The van der Waals surface area contributed by atoms with E-state index < -0.39 is 0 Å². The first-order chi connectivity index (χ1) is 15.0. The Morgan fingerprint density at radius 1 is 1.03 bits per heavy atom. The summed E-state index contributed by atoms with van der Waals surface area (Å²) in [6, 6.07) is 3.51. The second-order valence-electron chi connectivity index (χ2n) is 7.97. The van der Waals surface area contributed by atoms with E-state index in [1.807, 2.05) is 4.57 Å². The van der Waals surface area contributed by atoms with Gasteiger partial charge < -0.3 is 24.4 Å². The Labute approximate surface area is 180 Å². The second-order valence-corrected chi connectivity index (χ2v) is 7.97. The number of benzene rings is 1. The van der Waals surface area contributed by atoms with Gasteiger partial charge in [0.05, 0.1) is 27.0 Å². The van der Waals surface area contributed by atoms with Gasteiger partial charge in [0.25, 0.3) is 0 Å². The van der Waals surface area contributed by atoms with Gasteiger partial charge in [0.2, 0.25) is 5.75 Å². The van der Waals surface area contributed by atoms with E-state index >= 15 is 0 Å². The third kappa shape index (κ3) is 4.06. The molecule has 0 atom stereocenters. The minimum atomic E-state index is -0.187. The molecule has 2 amide bonds. The van der Waals surface area contributed by atoms with E-state index in [1.165, 1.54) is 26.0 Å². The summed E-state index contributed by atoms with van der Waals surface area (Å²) in [5, 5.41) is 7.41. The molecule has 31 heavy (non-hydrogen) atoms. The zero-order valence-corrected chi connectivity index (χ0v) is 18.4. The van der Waals surface area contributed by atoms with E-state index in [2.05, 4.69) is 10.4 Å². The molecule has 10 nitrogen and oxygen atoms in total. The van der Waals surface area contributed by atoms with E-state index in [9.17, 15) is 9.59 Å². The van der Waals surface area contributed by atoms with Crippen LogP contribution in [0.3, 0.4) is 0 Å². The highest BCUT2D eigenvalue weighted by atomic mass is 16.5. The number of nitrogens with one attached hydrogen (secondary N) is 1. The molecule has 1 aliphatic heterocycles. The number of piperidine rings is 1. The third-order valence-corrected chi connectivity index (χ3v) is 5.96. The number of hydrogen-bond donors (Lipinski definition) is 1. The fraction of sp³-hybridized carbons (Fsp3) is 0.571. The molecule has 1 aromatic carbocycles. The van der Waals surface area contributed by atoms with Crippen LogP contribution >= 0.6 is 0 Å². The molecule has 2 heterocycles. The highest BCUT2D eigenvalue weighted by molar-refractivity contribution is 5.90. The lowest BCUT2D eigenvalue weighted by Gasteiger charge is -2.31. The van der Waals surface area contributed by atoms with Crippen LogP contribution in [0.1, 0.15) is 43.5 Å². The van der Waals surface area contributed by atoms with E-state index in [1.54, 1.807) is 24.1 Å². The fourth-order valence-electron chi connectivity index (χ4n) is 4.15. The summed E-state index contributed by atoms with van der Waals surface area (Å²) in [6.07, 6.45) is 3.61. The van der Waals surface area contributed by atoms with Crippen molar-refractivity contribution in [2.75, 3.05) is 39.7 Å². The summed E-state index contributed by atoms with van der Waals surface area (Å²) in [7, 11) is 6.30. The van der Waals surface area contributed by atoms with E-state index in [0.29, 0.717) is 36.0 Å². The lowest BCUT2D eigenvalue weighted by molar-refractivity contribution is 0.192. The minimum absolute atomic E-state index is 0.0416. The predicted molar refractivity (Wildman–Crippen MR) is 114 cm³/mol.